The number of hydrogen-bond donors (Lipinski definition) is 1. The van der Waals surface area contributed by atoms with Gasteiger partial charge in [-0.25, -0.2) is 4.68 Å². The quantitative estimate of drug-likeness (QED) is 0.730. The Bertz CT molecular complexity index is 462. The number of aromatic nitrogens is 2. The van der Waals surface area contributed by atoms with Crippen molar-refractivity contribution in [3.8, 4) is 5.69 Å². The Balaban J connectivity index is 2.54. The summed E-state index contributed by atoms with van der Waals surface area (Å²) in [5.74, 6) is 0. The lowest BCUT2D eigenvalue weighted by Gasteiger charge is -2.04. The maximum atomic E-state index is 5.79. The summed E-state index contributed by atoms with van der Waals surface area (Å²) >= 11 is 5.79. The molecule has 1 aromatic carbocycles. The van der Waals surface area contributed by atoms with Crippen molar-refractivity contribution in [3.63, 3.8) is 0 Å². The zero-order valence-corrected chi connectivity index (χ0v) is 8.49. The minimum Gasteiger partial charge on any atom is -0.399 e. The minimum atomic E-state index is 0.491. The summed E-state index contributed by atoms with van der Waals surface area (Å²) in [7, 11) is 0. The number of halogens is 1. The van der Waals surface area contributed by atoms with Crippen molar-refractivity contribution in [2.75, 3.05) is 5.73 Å². The SMILES string of the molecule is Cc1cc(Cl)nn1-c1cccc(N)c1. The van der Waals surface area contributed by atoms with E-state index in [2.05, 4.69) is 5.10 Å². The largest absolute Gasteiger partial charge is 0.399 e. The van der Waals surface area contributed by atoms with E-state index >= 15 is 0 Å². The summed E-state index contributed by atoms with van der Waals surface area (Å²) in [6.07, 6.45) is 0. The molecular weight excluding hydrogens is 198 g/mol. The maximum absolute atomic E-state index is 5.79. The van der Waals surface area contributed by atoms with Crippen molar-refractivity contribution >= 4 is 17.3 Å². The van der Waals surface area contributed by atoms with Crippen molar-refractivity contribution in [2.24, 2.45) is 0 Å². The lowest BCUT2D eigenvalue weighted by Crippen LogP contribution is -1.99. The van der Waals surface area contributed by atoms with Crippen LogP contribution in [0.25, 0.3) is 5.69 Å². The molecule has 0 aliphatic carbocycles. The van der Waals surface area contributed by atoms with E-state index in [1.165, 1.54) is 0 Å². The van der Waals surface area contributed by atoms with E-state index < -0.39 is 0 Å². The second-order valence-corrected chi connectivity index (χ2v) is 3.50. The third-order valence-electron chi connectivity index (χ3n) is 1.97. The van der Waals surface area contributed by atoms with Crippen molar-refractivity contribution < 1.29 is 0 Å². The Morgan fingerprint density at radius 2 is 2.14 bits per heavy atom. The zero-order valence-electron chi connectivity index (χ0n) is 7.74. The number of benzene rings is 1. The number of nitrogens with zero attached hydrogens (tertiary/aromatic N) is 2. The number of hydrogen-bond acceptors (Lipinski definition) is 2. The predicted octanol–water partition coefficient (Wildman–Crippen LogP) is 2.42. The molecule has 0 saturated heterocycles. The molecule has 0 fully saturated rings. The first-order chi connectivity index (χ1) is 6.66. The van der Waals surface area contributed by atoms with Gasteiger partial charge in [0.15, 0.2) is 5.15 Å². The van der Waals surface area contributed by atoms with Gasteiger partial charge in [0, 0.05) is 11.4 Å². The molecular formula is C10H10ClN3. The van der Waals surface area contributed by atoms with Gasteiger partial charge in [0.2, 0.25) is 0 Å². The first-order valence-electron chi connectivity index (χ1n) is 4.25. The number of rotatable bonds is 1. The summed E-state index contributed by atoms with van der Waals surface area (Å²) in [4.78, 5) is 0. The highest BCUT2D eigenvalue weighted by atomic mass is 35.5. The Morgan fingerprint density at radius 3 is 2.71 bits per heavy atom. The monoisotopic (exact) mass is 207 g/mol. The van der Waals surface area contributed by atoms with Crippen LogP contribution in [-0.4, -0.2) is 9.78 Å². The Hall–Kier alpha value is -1.48. The highest BCUT2D eigenvalue weighted by molar-refractivity contribution is 6.29. The smallest absolute Gasteiger partial charge is 0.151 e. The lowest BCUT2D eigenvalue weighted by atomic mass is 10.3. The van der Waals surface area contributed by atoms with Gasteiger partial charge in [0.1, 0.15) is 0 Å². The molecule has 0 unspecified atom stereocenters. The fourth-order valence-electron chi connectivity index (χ4n) is 1.35. The lowest BCUT2D eigenvalue weighted by molar-refractivity contribution is 0.848. The molecule has 2 aromatic rings. The molecule has 1 heterocycles. The average Bonchev–Trinajstić information content (AvgIpc) is 2.45. The maximum Gasteiger partial charge on any atom is 0.151 e. The third kappa shape index (κ3) is 1.59. The Morgan fingerprint density at radius 1 is 1.36 bits per heavy atom. The molecule has 14 heavy (non-hydrogen) atoms. The van der Waals surface area contributed by atoms with Crippen LogP contribution in [0, 0.1) is 6.92 Å². The fourth-order valence-corrected chi connectivity index (χ4v) is 1.59. The van der Waals surface area contributed by atoms with Crippen LogP contribution in [0.1, 0.15) is 5.69 Å². The molecule has 4 heteroatoms. The van der Waals surface area contributed by atoms with Gasteiger partial charge in [-0.1, -0.05) is 17.7 Å². The van der Waals surface area contributed by atoms with Crippen molar-refractivity contribution in [1.29, 1.82) is 0 Å². The van der Waals surface area contributed by atoms with E-state index in [-0.39, 0.29) is 0 Å². The zero-order chi connectivity index (χ0) is 10.1. The Kier molecular flexibility index (Phi) is 2.17. The van der Waals surface area contributed by atoms with Crippen molar-refractivity contribution in [2.45, 2.75) is 6.92 Å². The molecule has 0 saturated carbocycles. The molecule has 0 bridgehead atoms. The Labute approximate surface area is 87.1 Å². The van der Waals surface area contributed by atoms with Crippen LogP contribution in [0.2, 0.25) is 5.15 Å². The van der Waals surface area contributed by atoms with Crippen LogP contribution >= 0.6 is 11.6 Å². The van der Waals surface area contributed by atoms with Crippen molar-refractivity contribution in [3.05, 3.63) is 41.2 Å². The molecule has 0 amide bonds. The summed E-state index contributed by atoms with van der Waals surface area (Å²) in [5, 5.41) is 4.64. The van der Waals surface area contributed by atoms with Crippen LogP contribution in [0.15, 0.2) is 30.3 Å². The molecule has 0 aliphatic heterocycles. The molecule has 2 N–H and O–H groups in total. The van der Waals surface area contributed by atoms with E-state index in [0.29, 0.717) is 10.8 Å². The molecule has 1 aromatic heterocycles. The molecule has 0 aliphatic rings. The van der Waals surface area contributed by atoms with Crippen LogP contribution in [0.3, 0.4) is 0 Å². The summed E-state index contributed by atoms with van der Waals surface area (Å²) in [6.45, 7) is 1.95. The summed E-state index contributed by atoms with van der Waals surface area (Å²) < 4.78 is 1.76. The first kappa shape index (κ1) is 9.09. The number of anilines is 1. The first-order valence-corrected chi connectivity index (χ1v) is 4.63. The fraction of sp³-hybridized carbons (Fsp3) is 0.100. The van der Waals surface area contributed by atoms with Gasteiger partial charge in [-0.15, -0.1) is 0 Å². The van der Waals surface area contributed by atoms with Gasteiger partial charge < -0.3 is 5.73 Å². The van der Waals surface area contributed by atoms with Crippen molar-refractivity contribution in [1.82, 2.24) is 9.78 Å². The third-order valence-corrected chi connectivity index (χ3v) is 2.16. The van der Waals surface area contributed by atoms with Gasteiger partial charge in [-0.2, -0.15) is 5.10 Å². The van der Waals surface area contributed by atoms with E-state index in [4.69, 9.17) is 17.3 Å². The molecule has 0 atom stereocenters. The molecule has 72 valence electrons. The summed E-state index contributed by atoms with van der Waals surface area (Å²) in [5.41, 5.74) is 8.31. The number of nitrogens with two attached hydrogens (primary N) is 1. The number of nitrogen functional groups attached to an aromatic ring is 1. The molecule has 2 rings (SSSR count). The van der Waals surface area contributed by atoms with E-state index in [9.17, 15) is 0 Å². The van der Waals surface area contributed by atoms with Gasteiger partial charge in [0.25, 0.3) is 0 Å². The molecule has 3 nitrogen and oxygen atoms in total. The normalized spacial score (nSPS) is 10.4. The standard InChI is InChI=1S/C10H10ClN3/c1-7-5-10(11)13-14(7)9-4-2-3-8(12)6-9/h2-6H,12H2,1H3. The van der Waals surface area contributed by atoms with Gasteiger partial charge in [-0.05, 0) is 31.2 Å². The van der Waals surface area contributed by atoms with Gasteiger partial charge in [-0.3, -0.25) is 0 Å². The van der Waals surface area contributed by atoms with Crippen LogP contribution < -0.4 is 5.73 Å². The van der Waals surface area contributed by atoms with Gasteiger partial charge in [0.05, 0.1) is 5.69 Å². The van der Waals surface area contributed by atoms with Crippen LogP contribution in [0.5, 0.6) is 0 Å². The van der Waals surface area contributed by atoms with E-state index in [1.54, 1.807) is 4.68 Å². The second-order valence-electron chi connectivity index (χ2n) is 3.12. The topological polar surface area (TPSA) is 43.8 Å². The van der Waals surface area contributed by atoms with E-state index in [0.717, 1.165) is 11.4 Å². The predicted molar refractivity (Wildman–Crippen MR) is 57.7 cm³/mol. The van der Waals surface area contributed by atoms with Crippen LogP contribution in [-0.2, 0) is 0 Å². The van der Waals surface area contributed by atoms with Crippen LogP contribution in [0.4, 0.5) is 5.69 Å². The summed E-state index contributed by atoms with van der Waals surface area (Å²) in [6, 6.07) is 9.33. The average molecular weight is 208 g/mol. The number of aryl methyl sites for hydroxylation is 1. The highest BCUT2D eigenvalue weighted by Gasteiger charge is 2.03. The second kappa shape index (κ2) is 3.35. The molecule has 0 radical (unpaired) electrons. The van der Waals surface area contributed by atoms with Gasteiger partial charge >= 0.3 is 0 Å². The van der Waals surface area contributed by atoms with E-state index in [1.807, 2.05) is 37.3 Å². The minimum absolute atomic E-state index is 0.491. The highest BCUT2D eigenvalue weighted by Crippen LogP contribution is 2.16. The molecule has 0 spiro atoms.